The van der Waals surface area contributed by atoms with E-state index in [0.29, 0.717) is 16.3 Å². The minimum absolute atomic E-state index is 0.130. The normalized spacial score (nSPS) is 9.77. The zero-order valence-electron chi connectivity index (χ0n) is 7.01. The number of carbonyl (C=O) groups excluding carboxylic acids is 1. The number of carbonyl (C=O) groups is 1. The number of ether oxygens (including phenoxy) is 1. The molecule has 1 aromatic carbocycles. The van der Waals surface area contributed by atoms with Crippen molar-refractivity contribution in [1.82, 2.24) is 0 Å². The Morgan fingerprint density at radius 2 is 2.23 bits per heavy atom. The predicted octanol–water partition coefficient (Wildman–Crippen LogP) is 2.66. The summed E-state index contributed by atoms with van der Waals surface area (Å²) in [5.41, 5.74) is 0.704. The minimum atomic E-state index is -0.430. The summed E-state index contributed by atoms with van der Waals surface area (Å²) >= 11 is 11.1. The first-order valence-corrected chi connectivity index (χ1v) is 4.40. The van der Waals surface area contributed by atoms with E-state index in [4.69, 9.17) is 27.9 Å². The summed E-state index contributed by atoms with van der Waals surface area (Å²) < 4.78 is 5.03. The van der Waals surface area contributed by atoms with E-state index in [1.807, 2.05) is 0 Å². The smallest absolute Gasteiger partial charge is 0.226 e. The maximum atomic E-state index is 10.7. The first kappa shape index (κ1) is 10.4. The van der Waals surface area contributed by atoms with Gasteiger partial charge in [0.05, 0.1) is 18.6 Å². The zero-order chi connectivity index (χ0) is 9.84. The van der Waals surface area contributed by atoms with Crippen LogP contribution in [0.4, 0.5) is 0 Å². The molecule has 0 atom stereocenters. The van der Waals surface area contributed by atoms with Crippen LogP contribution in [0.15, 0.2) is 18.2 Å². The molecule has 0 saturated carbocycles. The monoisotopic (exact) mass is 218 g/mol. The molecule has 0 aliphatic rings. The van der Waals surface area contributed by atoms with Gasteiger partial charge in [-0.3, -0.25) is 4.79 Å². The Hall–Kier alpha value is -0.730. The molecule has 0 aliphatic carbocycles. The Bertz CT molecular complexity index is 323. The molecule has 0 heterocycles. The number of benzene rings is 1. The highest BCUT2D eigenvalue weighted by Gasteiger charge is 2.09. The summed E-state index contributed by atoms with van der Waals surface area (Å²) in [6, 6.07) is 5.20. The zero-order valence-corrected chi connectivity index (χ0v) is 8.52. The summed E-state index contributed by atoms with van der Waals surface area (Å²) in [5.74, 6) is 0.512. The molecule has 0 unspecified atom stereocenters. The van der Waals surface area contributed by atoms with Gasteiger partial charge in [-0.2, -0.15) is 0 Å². The topological polar surface area (TPSA) is 26.3 Å². The lowest BCUT2D eigenvalue weighted by atomic mass is 10.1. The third kappa shape index (κ3) is 2.61. The quantitative estimate of drug-likeness (QED) is 0.730. The van der Waals surface area contributed by atoms with Gasteiger partial charge in [-0.15, -0.1) is 0 Å². The number of halogens is 2. The Labute approximate surface area is 86.4 Å². The molecule has 70 valence electrons. The molecule has 0 spiro atoms. The average Bonchev–Trinajstić information content (AvgIpc) is 2.03. The third-order valence-electron chi connectivity index (χ3n) is 1.58. The Balaban J connectivity index is 3.05. The lowest BCUT2D eigenvalue weighted by Gasteiger charge is -2.07. The van der Waals surface area contributed by atoms with E-state index in [0.717, 1.165) is 0 Å². The molecule has 0 aliphatic heterocycles. The number of hydrogen-bond acceptors (Lipinski definition) is 2. The van der Waals surface area contributed by atoms with Gasteiger partial charge in [0.25, 0.3) is 0 Å². The molecular formula is C9H8Cl2O2. The van der Waals surface area contributed by atoms with Crippen LogP contribution >= 0.6 is 23.2 Å². The van der Waals surface area contributed by atoms with Gasteiger partial charge in [-0.05, 0) is 17.7 Å². The Morgan fingerprint density at radius 3 is 2.77 bits per heavy atom. The van der Waals surface area contributed by atoms with Gasteiger partial charge in [-0.25, -0.2) is 0 Å². The van der Waals surface area contributed by atoms with Crippen molar-refractivity contribution in [3.63, 3.8) is 0 Å². The van der Waals surface area contributed by atoms with Gasteiger partial charge in [0.15, 0.2) is 0 Å². The summed E-state index contributed by atoms with van der Waals surface area (Å²) in [7, 11) is 1.50. The van der Waals surface area contributed by atoms with E-state index in [-0.39, 0.29) is 6.42 Å². The maximum Gasteiger partial charge on any atom is 0.226 e. The lowest BCUT2D eigenvalue weighted by Crippen LogP contribution is -1.97. The van der Waals surface area contributed by atoms with Crippen LogP contribution in [0, 0.1) is 0 Å². The van der Waals surface area contributed by atoms with E-state index in [1.54, 1.807) is 18.2 Å². The number of rotatable bonds is 3. The summed E-state index contributed by atoms with van der Waals surface area (Å²) in [6.45, 7) is 0. The summed E-state index contributed by atoms with van der Waals surface area (Å²) in [5, 5.41) is 0.0542. The van der Waals surface area contributed by atoms with Crippen LogP contribution in [-0.2, 0) is 11.2 Å². The first-order valence-electron chi connectivity index (χ1n) is 3.65. The van der Waals surface area contributed by atoms with Gasteiger partial charge in [-0.1, -0.05) is 23.7 Å². The molecule has 1 aromatic rings. The van der Waals surface area contributed by atoms with Crippen molar-refractivity contribution in [3.05, 3.63) is 28.8 Å². The molecule has 4 heteroatoms. The van der Waals surface area contributed by atoms with Gasteiger partial charge in [0.2, 0.25) is 5.24 Å². The van der Waals surface area contributed by atoms with Gasteiger partial charge >= 0.3 is 0 Å². The highest BCUT2D eigenvalue weighted by atomic mass is 35.5. The van der Waals surface area contributed by atoms with Gasteiger partial charge in [0.1, 0.15) is 5.75 Å². The molecule has 2 nitrogen and oxygen atoms in total. The second kappa shape index (κ2) is 4.49. The van der Waals surface area contributed by atoms with Gasteiger partial charge < -0.3 is 4.74 Å². The van der Waals surface area contributed by atoms with Crippen molar-refractivity contribution >= 4 is 28.4 Å². The molecule has 0 amide bonds. The maximum absolute atomic E-state index is 10.7. The van der Waals surface area contributed by atoms with Crippen molar-refractivity contribution < 1.29 is 9.53 Å². The minimum Gasteiger partial charge on any atom is -0.495 e. The SMILES string of the molecule is COc1c(Cl)cccc1CC(=O)Cl. The fraction of sp³-hybridized carbons (Fsp3) is 0.222. The van der Waals surface area contributed by atoms with E-state index in [9.17, 15) is 4.79 Å². The number of methoxy groups -OCH3 is 1. The second-order valence-corrected chi connectivity index (χ2v) is 3.29. The molecule has 0 radical (unpaired) electrons. The van der Waals surface area contributed by atoms with Crippen molar-refractivity contribution in [3.8, 4) is 5.75 Å². The number of hydrogen-bond donors (Lipinski definition) is 0. The highest BCUT2D eigenvalue weighted by molar-refractivity contribution is 6.63. The van der Waals surface area contributed by atoms with Crippen molar-refractivity contribution in [2.45, 2.75) is 6.42 Å². The molecule has 1 rings (SSSR count). The molecule has 0 fully saturated rings. The van der Waals surface area contributed by atoms with E-state index in [2.05, 4.69) is 0 Å². The van der Waals surface area contributed by atoms with E-state index in [1.165, 1.54) is 7.11 Å². The van der Waals surface area contributed by atoms with Crippen LogP contribution in [0.2, 0.25) is 5.02 Å². The molecule has 0 N–H and O–H groups in total. The second-order valence-electron chi connectivity index (χ2n) is 2.46. The first-order chi connectivity index (χ1) is 6.15. The summed E-state index contributed by atoms with van der Waals surface area (Å²) in [4.78, 5) is 10.7. The summed E-state index contributed by atoms with van der Waals surface area (Å²) in [6.07, 6.45) is 0.130. The van der Waals surface area contributed by atoms with Crippen LogP contribution < -0.4 is 4.74 Å². The molecular weight excluding hydrogens is 211 g/mol. The van der Waals surface area contributed by atoms with Crippen LogP contribution in [0.5, 0.6) is 5.75 Å². The van der Waals surface area contributed by atoms with Crippen LogP contribution in [-0.4, -0.2) is 12.4 Å². The van der Waals surface area contributed by atoms with Crippen LogP contribution in [0.3, 0.4) is 0 Å². The fourth-order valence-electron chi connectivity index (χ4n) is 1.07. The lowest BCUT2D eigenvalue weighted by molar-refractivity contribution is -0.111. The largest absolute Gasteiger partial charge is 0.495 e. The molecule has 0 saturated heterocycles. The number of para-hydroxylation sites is 1. The van der Waals surface area contributed by atoms with Crippen LogP contribution in [0.1, 0.15) is 5.56 Å². The van der Waals surface area contributed by atoms with Crippen molar-refractivity contribution in [2.24, 2.45) is 0 Å². The standard InChI is InChI=1S/C9H8Cl2O2/c1-13-9-6(5-8(11)12)3-2-4-7(9)10/h2-4H,5H2,1H3. The predicted molar refractivity (Wildman–Crippen MR) is 52.6 cm³/mol. The van der Waals surface area contributed by atoms with Crippen molar-refractivity contribution in [2.75, 3.05) is 7.11 Å². The van der Waals surface area contributed by atoms with Crippen molar-refractivity contribution in [1.29, 1.82) is 0 Å². The highest BCUT2D eigenvalue weighted by Crippen LogP contribution is 2.28. The fourth-order valence-corrected chi connectivity index (χ4v) is 1.49. The molecule has 13 heavy (non-hydrogen) atoms. The Kier molecular flexibility index (Phi) is 3.58. The molecule has 0 bridgehead atoms. The Morgan fingerprint density at radius 1 is 1.54 bits per heavy atom. The van der Waals surface area contributed by atoms with Crippen LogP contribution in [0.25, 0.3) is 0 Å². The van der Waals surface area contributed by atoms with E-state index < -0.39 is 5.24 Å². The van der Waals surface area contributed by atoms with Gasteiger partial charge in [0, 0.05) is 5.56 Å². The van der Waals surface area contributed by atoms with E-state index >= 15 is 0 Å². The molecule has 0 aromatic heterocycles. The third-order valence-corrected chi connectivity index (χ3v) is 2.01. The average molecular weight is 219 g/mol.